The van der Waals surface area contributed by atoms with Crippen molar-refractivity contribution < 1.29 is 19.1 Å². The van der Waals surface area contributed by atoms with Crippen molar-refractivity contribution in [3.05, 3.63) is 95.2 Å². The summed E-state index contributed by atoms with van der Waals surface area (Å²) in [6.45, 7) is 5.84. The second kappa shape index (κ2) is 9.75. The van der Waals surface area contributed by atoms with Crippen molar-refractivity contribution in [2.75, 3.05) is 12.1 Å². The molecular formula is C32H31N3O4. The number of amides is 1. The van der Waals surface area contributed by atoms with Crippen LogP contribution in [0.4, 0.5) is 5.69 Å². The molecule has 3 heterocycles. The van der Waals surface area contributed by atoms with Gasteiger partial charge in [-0.2, -0.15) is 0 Å². The predicted octanol–water partition coefficient (Wildman–Crippen LogP) is 5.77. The van der Waals surface area contributed by atoms with E-state index in [0.717, 1.165) is 44.7 Å². The minimum Gasteiger partial charge on any atom is -0.454 e. The van der Waals surface area contributed by atoms with Gasteiger partial charge in [0.25, 0.3) is 0 Å². The molecule has 0 radical (unpaired) electrons. The predicted molar refractivity (Wildman–Crippen MR) is 152 cm³/mol. The number of para-hydroxylation sites is 1. The molecule has 0 aliphatic carbocycles. The molecular weight excluding hydrogens is 490 g/mol. The first kappa shape index (κ1) is 24.9. The highest BCUT2D eigenvalue weighted by molar-refractivity contribution is 5.99. The molecule has 2 unspecified atom stereocenters. The second-order valence-corrected chi connectivity index (χ2v) is 11.1. The van der Waals surface area contributed by atoms with Crippen LogP contribution in [-0.2, 0) is 16.0 Å². The van der Waals surface area contributed by atoms with Gasteiger partial charge in [0.1, 0.15) is 0 Å². The number of benzene rings is 3. The molecule has 2 atom stereocenters. The highest BCUT2D eigenvalue weighted by Gasteiger charge is 2.33. The maximum atomic E-state index is 13.5. The van der Waals surface area contributed by atoms with E-state index >= 15 is 0 Å². The minimum atomic E-state index is -0.471. The lowest BCUT2D eigenvalue weighted by Crippen LogP contribution is -2.44. The summed E-state index contributed by atoms with van der Waals surface area (Å²) >= 11 is 0. The van der Waals surface area contributed by atoms with Crippen LogP contribution in [0.3, 0.4) is 0 Å². The van der Waals surface area contributed by atoms with E-state index in [1.807, 2.05) is 81.4 Å². The molecule has 0 fully saturated rings. The Kier molecular flexibility index (Phi) is 6.23. The van der Waals surface area contributed by atoms with Crippen LogP contribution in [0.2, 0.25) is 0 Å². The van der Waals surface area contributed by atoms with E-state index in [2.05, 4.69) is 27.8 Å². The van der Waals surface area contributed by atoms with Crippen LogP contribution in [0.15, 0.2) is 72.8 Å². The molecule has 4 aromatic rings. The molecule has 7 nitrogen and oxygen atoms in total. The van der Waals surface area contributed by atoms with Crippen molar-refractivity contribution in [1.29, 1.82) is 0 Å². The van der Waals surface area contributed by atoms with Crippen LogP contribution in [0.25, 0.3) is 17.0 Å². The van der Waals surface area contributed by atoms with Gasteiger partial charge in [0.05, 0.1) is 12.1 Å². The molecule has 7 heteroatoms. The topological polar surface area (TPSA) is 92.5 Å². The number of ketones is 1. The average Bonchev–Trinajstić information content (AvgIpc) is 3.55. The van der Waals surface area contributed by atoms with Crippen LogP contribution in [0.5, 0.6) is 11.5 Å². The Morgan fingerprint density at radius 2 is 1.74 bits per heavy atom. The minimum absolute atomic E-state index is 0.00165. The van der Waals surface area contributed by atoms with Gasteiger partial charge in [-0.1, -0.05) is 63.2 Å². The number of H-pyrrole nitrogens is 1. The van der Waals surface area contributed by atoms with Gasteiger partial charge >= 0.3 is 0 Å². The number of nitrogens with one attached hydrogen (secondary N) is 3. The normalized spacial score (nSPS) is 18.3. The third kappa shape index (κ3) is 4.93. The average molecular weight is 522 g/mol. The Morgan fingerprint density at radius 3 is 2.54 bits per heavy atom. The Balaban J connectivity index is 1.25. The summed E-state index contributed by atoms with van der Waals surface area (Å²) < 4.78 is 11.1. The number of anilines is 1. The summed E-state index contributed by atoms with van der Waals surface area (Å²) in [5.74, 6) is 1.40. The molecule has 3 aromatic carbocycles. The van der Waals surface area contributed by atoms with Gasteiger partial charge in [-0.3, -0.25) is 14.9 Å². The van der Waals surface area contributed by atoms with Crippen molar-refractivity contribution in [3.63, 3.8) is 0 Å². The summed E-state index contributed by atoms with van der Waals surface area (Å²) in [4.78, 5) is 29.3. The Morgan fingerprint density at radius 1 is 0.974 bits per heavy atom. The number of carbonyl (C=O) groups is 2. The second-order valence-electron chi connectivity index (χ2n) is 11.1. The number of hydrogen-bond acceptors (Lipinski definition) is 5. The van der Waals surface area contributed by atoms with Crippen molar-refractivity contribution in [2.45, 2.75) is 39.3 Å². The first-order valence-corrected chi connectivity index (χ1v) is 13.1. The molecule has 3 N–H and O–H groups in total. The van der Waals surface area contributed by atoms with Gasteiger partial charge in [-0.15, -0.1) is 0 Å². The van der Waals surface area contributed by atoms with Gasteiger partial charge in [-0.05, 0) is 59.5 Å². The van der Waals surface area contributed by atoms with Crippen molar-refractivity contribution >= 4 is 34.4 Å². The quantitative estimate of drug-likeness (QED) is 0.290. The zero-order valence-electron chi connectivity index (χ0n) is 22.2. The number of aromatic nitrogens is 1. The highest BCUT2D eigenvalue weighted by Crippen LogP contribution is 2.39. The van der Waals surface area contributed by atoms with E-state index in [1.54, 1.807) is 6.08 Å². The third-order valence-corrected chi connectivity index (χ3v) is 7.27. The number of hydrogen-bond donors (Lipinski definition) is 3. The number of carbonyl (C=O) groups excluding carboxylic acids is 2. The Bertz CT molecular complexity index is 1590. The number of fused-ring (bicyclic) bond motifs is 4. The number of ether oxygens (including phenoxy) is 2. The van der Waals surface area contributed by atoms with Crippen LogP contribution in [-0.4, -0.2) is 29.5 Å². The molecule has 39 heavy (non-hydrogen) atoms. The summed E-state index contributed by atoms with van der Waals surface area (Å²) in [6, 6.07) is 21.0. The van der Waals surface area contributed by atoms with Gasteiger partial charge in [0, 0.05) is 27.7 Å². The van der Waals surface area contributed by atoms with Crippen molar-refractivity contribution in [3.8, 4) is 11.5 Å². The summed E-state index contributed by atoms with van der Waals surface area (Å²) in [5.41, 5.74) is 5.41. The van der Waals surface area contributed by atoms with Crippen LogP contribution >= 0.6 is 0 Å². The van der Waals surface area contributed by atoms with Gasteiger partial charge in [0.15, 0.2) is 17.3 Å². The van der Waals surface area contributed by atoms with E-state index in [4.69, 9.17) is 9.47 Å². The molecule has 2 aliphatic rings. The number of aromatic amines is 1. The van der Waals surface area contributed by atoms with E-state index in [0.29, 0.717) is 12.2 Å². The zero-order chi connectivity index (χ0) is 27.1. The summed E-state index contributed by atoms with van der Waals surface area (Å²) in [5, 5.41) is 7.64. The molecule has 6 rings (SSSR count). The SMILES string of the molecule is CC(C)(C)C(=O)Nc1ccc(C=CC(=O)C2Cc3c([nH]c4ccccc34)C(c3ccc4c(c3)OCO4)N2)cc1. The molecule has 1 aromatic heterocycles. The lowest BCUT2D eigenvalue weighted by molar-refractivity contribution is -0.123. The van der Waals surface area contributed by atoms with E-state index in [9.17, 15) is 9.59 Å². The molecule has 198 valence electrons. The standard InChI is InChI=1S/C32H31N3O4/c1-32(2,3)31(37)33-21-12-8-19(9-13-21)10-14-26(36)25-17-23-22-6-4-5-7-24(22)34-30(23)29(35-25)20-11-15-27-28(16-20)39-18-38-27/h4-16,25,29,34-35H,17-18H2,1-3H3,(H,33,37). The third-order valence-electron chi connectivity index (χ3n) is 7.27. The lowest BCUT2D eigenvalue weighted by Gasteiger charge is -2.30. The van der Waals surface area contributed by atoms with Crippen LogP contribution < -0.4 is 20.1 Å². The summed E-state index contributed by atoms with van der Waals surface area (Å²) in [7, 11) is 0. The zero-order valence-corrected chi connectivity index (χ0v) is 22.2. The monoisotopic (exact) mass is 521 g/mol. The maximum absolute atomic E-state index is 13.5. The Hall–Kier alpha value is -4.36. The van der Waals surface area contributed by atoms with E-state index in [-0.39, 0.29) is 24.5 Å². The molecule has 0 saturated heterocycles. The van der Waals surface area contributed by atoms with Gasteiger partial charge in [0.2, 0.25) is 12.7 Å². The van der Waals surface area contributed by atoms with E-state index in [1.165, 1.54) is 0 Å². The first-order chi connectivity index (χ1) is 18.8. The maximum Gasteiger partial charge on any atom is 0.231 e. The first-order valence-electron chi connectivity index (χ1n) is 13.1. The van der Waals surface area contributed by atoms with Gasteiger partial charge in [-0.25, -0.2) is 0 Å². The fourth-order valence-corrected chi connectivity index (χ4v) is 5.06. The van der Waals surface area contributed by atoms with E-state index < -0.39 is 11.5 Å². The van der Waals surface area contributed by atoms with Crippen LogP contribution in [0, 0.1) is 5.41 Å². The fraction of sp³-hybridized carbons (Fsp3) is 0.250. The van der Waals surface area contributed by atoms with Crippen molar-refractivity contribution in [1.82, 2.24) is 10.3 Å². The molecule has 2 aliphatic heterocycles. The Labute approximate surface area is 227 Å². The smallest absolute Gasteiger partial charge is 0.231 e. The highest BCUT2D eigenvalue weighted by atomic mass is 16.7. The lowest BCUT2D eigenvalue weighted by atomic mass is 9.88. The molecule has 1 amide bonds. The molecule has 0 saturated carbocycles. The van der Waals surface area contributed by atoms with Crippen LogP contribution in [0.1, 0.15) is 49.2 Å². The summed E-state index contributed by atoms with van der Waals surface area (Å²) in [6.07, 6.45) is 4.04. The molecule has 0 spiro atoms. The molecule has 0 bridgehead atoms. The largest absolute Gasteiger partial charge is 0.454 e. The van der Waals surface area contributed by atoms with Crippen molar-refractivity contribution in [2.24, 2.45) is 5.41 Å². The number of rotatable bonds is 5. The van der Waals surface area contributed by atoms with Gasteiger partial charge < -0.3 is 19.8 Å². The fourth-order valence-electron chi connectivity index (χ4n) is 5.06.